The largest absolute Gasteiger partial charge is 0.477 e. The smallest absolute Gasteiger partial charge is 0.352 e. The van der Waals surface area contributed by atoms with Crippen LogP contribution in [0.1, 0.15) is 23.8 Å². The van der Waals surface area contributed by atoms with E-state index >= 15 is 0 Å². The molecule has 21 heavy (non-hydrogen) atoms. The Hall–Kier alpha value is -2.15. The van der Waals surface area contributed by atoms with Crippen molar-refractivity contribution in [1.29, 1.82) is 0 Å². The van der Waals surface area contributed by atoms with Crippen LogP contribution in [-0.4, -0.2) is 20.6 Å². The molecule has 0 radical (unpaired) electrons. The van der Waals surface area contributed by atoms with Gasteiger partial charge in [0.05, 0.1) is 10.6 Å². The van der Waals surface area contributed by atoms with E-state index in [0.717, 1.165) is 6.42 Å². The van der Waals surface area contributed by atoms with Gasteiger partial charge in [-0.15, -0.1) is 0 Å². The maximum Gasteiger partial charge on any atom is 0.352 e. The Kier molecular flexibility index (Phi) is 4.42. The van der Waals surface area contributed by atoms with Gasteiger partial charge in [0.25, 0.3) is 5.69 Å². The van der Waals surface area contributed by atoms with E-state index in [-0.39, 0.29) is 11.4 Å². The lowest BCUT2D eigenvalue weighted by atomic mass is 10.1. The fourth-order valence-electron chi connectivity index (χ4n) is 2.18. The summed E-state index contributed by atoms with van der Waals surface area (Å²) in [6.07, 6.45) is 0.758. The van der Waals surface area contributed by atoms with Gasteiger partial charge in [-0.2, -0.15) is 0 Å². The van der Waals surface area contributed by atoms with Crippen LogP contribution in [0.5, 0.6) is 0 Å². The predicted octanol–water partition coefficient (Wildman–Crippen LogP) is 3.93. The molecule has 1 heterocycles. The van der Waals surface area contributed by atoms with E-state index in [9.17, 15) is 20.0 Å². The molecule has 0 fully saturated rings. The van der Waals surface area contributed by atoms with Crippen LogP contribution in [-0.2, 0) is 6.54 Å². The number of rotatable bonds is 5. The van der Waals surface area contributed by atoms with Crippen molar-refractivity contribution in [2.24, 2.45) is 0 Å². The minimum atomic E-state index is -1.02. The Bertz CT molecular complexity index is 709. The third-order valence-corrected chi connectivity index (χ3v) is 3.78. The first-order valence-corrected chi connectivity index (χ1v) is 7.12. The van der Waals surface area contributed by atoms with Crippen molar-refractivity contribution in [3.05, 3.63) is 50.6 Å². The third kappa shape index (κ3) is 2.97. The number of nitro benzene ring substituents is 1. The maximum absolute atomic E-state index is 11.3. The molecule has 0 bridgehead atoms. The van der Waals surface area contributed by atoms with Crippen molar-refractivity contribution < 1.29 is 14.8 Å². The van der Waals surface area contributed by atoms with Gasteiger partial charge in [-0.25, -0.2) is 4.79 Å². The van der Waals surface area contributed by atoms with E-state index in [0.29, 0.717) is 22.3 Å². The number of benzene rings is 1. The number of carboxylic acids is 1. The minimum Gasteiger partial charge on any atom is -0.477 e. The molecule has 0 aliphatic rings. The average molecular weight is 353 g/mol. The molecule has 7 heteroatoms. The summed E-state index contributed by atoms with van der Waals surface area (Å²) in [6, 6.07) is 7.62. The summed E-state index contributed by atoms with van der Waals surface area (Å²) in [4.78, 5) is 21.7. The summed E-state index contributed by atoms with van der Waals surface area (Å²) >= 11 is 3.36. The van der Waals surface area contributed by atoms with Crippen LogP contribution in [0.4, 0.5) is 5.69 Å². The summed E-state index contributed by atoms with van der Waals surface area (Å²) < 4.78 is 2.34. The first kappa shape index (κ1) is 15.2. The average Bonchev–Trinajstić information content (AvgIpc) is 2.83. The lowest BCUT2D eigenvalue weighted by Crippen LogP contribution is -2.09. The summed E-state index contributed by atoms with van der Waals surface area (Å²) in [6.45, 7) is 2.47. The molecule has 0 unspecified atom stereocenters. The molecule has 0 saturated carbocycles. The fraction of sp³-hybridized carbons (Fsp3) is 0.214. The molecule has 110 valence electrons. The minimum absolute atomic E-state index is 0.0330. The molecule has 6 nitrogen and oxygen atoms in total. The van der Waals surface area contributed by atoms with Crippen LogP contribution in [0.25, 0.3) is 11.3 Å². The predicted molar refractivity (Wildman–Crippen MR) is 81.5 cm³/mol. The number of nitrogens with zero attached hydrogens (tertiary/aromatic N) is 2. The second-order valence-corrected chi connectivity index (χ2v) is 5.34. The van der Waals surface area contributed by atoms with E-state index in [2.05, 4.69) is 15.9 Å². The van der Waals surface area contributed by atoms with Gasteiger partial charge in [0.1, 0.15) is 5.69 Å². The summed E-state index contributed by atoms with van der Waals surface area (Å²) in [7, 11) is 0. The van der Waals surface area contributed by atoms with Crippen molar-refractivity contribution in [2.45, 2.75) is 19.9 Å². The van der Waals surface area contributed by atoms with Gasteiger partial charge < -0.3 is 9.67 Å². The molecular weight excluding hydrogens is 340 g/mol. The highest BCUT2D eigenvalue weighted by Crippen LogP contribution is 2.33. The molecule has 2 rings (SSSR count). The second-order valence-electron chi connectivity index (χ2n) is 4.48. The zero-order valence-electron chi connectivity index (χ0n) is 11.2. The van der Waals surface area contributed by atoms with Gasteiger partial charge in [0, 0.05) is 28.7 Å². The zero-order chi connectivity index (χ0) is 15.6. The topological polar surface area (TPSA) is 85.4 Å². The highest BCUT2D eigenvalue weighted by Gasteiger charge is 2.18. The Morgan fingerprint density at radius 3 is 2.67 bits per heavy atom. The van der Waals surface area contributed by atoms with Crippen molar-refractivity contribution in [3.8, 4) is 11.3 Å². The zero-order valence-corrected chi connectivity index (χ0v) is 12.8. The SMILES string of the molecule is CCCn1c(C(=O)O)ccc1-c1cc([N+](=O)[O-])ccc1Br. The Labute approximate surface area is 129 Å². The third-order valence-electron chi connectivity index (χ3n) is 3.08. The van der Waals surface area contributed by atoms with Gasteiger partial charge in [-0.1, -0.05) is 22.9 Å². The summed E-state index contributed by atoms with van der Waals surface area (Å²) in [5.41, 5.74) is 1.38. The van der Waals surface area contributed by atoms with E-state index in [1.807, 2.05) is 6.92 Å². The van der Waals surface area contributed by atoms with Gasteiger partial charge in [0.15, 0.2) is 0 Å². The Balaban J connectivity index is 2.63. The number of hydrogen-bond acceptors (Lipinski definition) is 3. The molecule has 0 aliphatic heterocycles. The molecule has 0 saturated heterocycles. The summed E-state index contributed by atoms with van der Waals surface area (Å²) in [5, 5.41) is 20.1. The van der Waals surface area contributed by atoms with Crippen LogP contribution in [0.15, 0.2) is 34.8 Å². The lowest BCUT2D eigenvalue weighted by molar-refractivity contribution is -0.384. The van der Waals surface area contributed by atoms with Crippen LogP contribution >= 0.6 is 15.9 Å². The Morgan fingerprint density at radius 2 is 2.10 bits per heavy atom. The molecule has 2 aromatic rings. The Morgan fingerprint density at radius 1 is 1.38 bits per heavy atom. The second kappa shape index (κ2) is 6.09. The normalized spacial score (nSPS) is 10.6. The van der Waals surface area contributed by atoms with Crippen molar-refractivity contribution in [2.75, 3.05) is 0 Å². The molecule has 0 spiro atoms. The van der Waals surface area contributed by atoms with Crippen molar-refractivity contribution in [3.63, 3.8) is 0 Å². The highest BCUT2D eigenvalue weighted by atomic mass is 79.9. The van der Waals surface area contributed by atoms with Gasteiger partial charge in [-0.05, 0) is 24.6 Å². The van der Waals surface area contributed by atoms with Crippen LogP contribution < -0.4 is 0 Å². The maximum atomic E-state index is 11.3. The monoisotopic (exact) mass is 352 g/mol. The summed E-state index contributed by atoms with van der Waals surface area (Å²) in [5.74, 6) is -1.02. The van der Waals surface area contributed by atoms with Crippen LogP contribution in [0, 0.1) is 10.1 Å². The van der Waals surface area contributed by atoms with Crippen molar-refractivity contribution >= 4 is 27.6 Å². The van der Waals surface area contributed by atoms with Gasteiger partial charge in [0.2, 0.25) is 0 Å². The molecular formula is C14H13BrN2O4. The quantitative estimate of drug-likeness (QED) is 0.652. The highest BCUT2D eigenvalue weighted by molar-refractivity contribution is 9.10. The van der Waals surface area contributed by atoms with Crippen LogP contribution in [0.2, 0.25) is 0 Å². The van der Waals surface area contributed by atoms with E-state index in [1.165, 1.54) is 18.2 Å². The van der Waals surface area contributed by atoms with E-state index in [1.54, 1.807) is 16.7 Å². The van der Waals surface area contributed by atoms with Crippen molar-refractivity contribution in [1.82, 2.24) is 4.57 Å². The lowest BCUT2D eigenvalue weighted by Gasteiger charge is -2.12. The molecule has 0 amide bonds. The first-order valence-electron chi connectivity index (χ1n) is 6.32. The first-order chi connectivity index (χ1) is 9.95. The number of non-ortho nitro benzene ring substituents is 1. The van der Waals surface area contributed by atoms with E-state index in [4.69, 9.17) is 0 Å². The molecule has 0 aliphatic carbocycles. The molecule has 1 N–H and O–H groups in total. The van der Waals surface area contributed by atoms with E-state index < -0.39 is 10.9 Å². The number of carboxylic acid groups (broad SMARTS) is 1. The van der Waals surface area contributed by atoms with Crippen LogP contribution in [0.3, 0.4) is 0 Å². The van der Waals surface area contributed by atoms with Gasteiger partial charge in [-0.3, -0.25) is 10.1 Å². The molecule has 0 atom stereocenters. The van der Waals surface area contributed by atoms with Gasteiger partial charge >= 0.3 is 5.97 Å². The number of halogens is 1. The molecule has 1 aromatic heterocycles. The standard InChI is InChI=1S/C14H13BrN2O4/c1-2-7-16-12(5-6-13(16)14(18)19)10-8-9(17(20)21)3-4-11(10)15/h3-6,8H,2,7H2,1H3,(H,18,19). The number of nitro groups is 1. The number of aromatic carboxylic acids is 1. The number of hydrogen-bond donors (Lipinski definition) is 1. The fourth-order valence-corrected chi connectivity index (χ4v) is 2.63. The number of aromatic nitrogens is 1. The molecule has 1 aromatic carbocycles. The number of carbonyl (C=O) groups is 1.